The molecule has 1 amide bonds. The number of nitrogens with zero attached hydrogens (tertiary/aromatic N) is 1. The molecule has 1 aromatic heterocycles. The van der Waals surface area contributed by atoms with Gasteiger partial charge in [-0.1, -0.05) is 18.2 Å². The summed E-state index contributed by atoms with van der Waals surface area (Å²) in [6, 6.07) is 4.08. The predicted octanol–water partition coefficient (Wildman–Crippen LogP) is 2.60. The fourth-order valence-corrected chi connectivity index (χ4v) is 2.40. The summed E-state index contributed by atoms with van der Waals surface area (Å²) in [5, 5.41) is 5.00. The molecule has 0 aliphatic carbocycles. The van der Waals surface area contributed by atoms with Gasteiger partial charge in [0.2, 0.25) is 5.91 Å². The van der Waals surface area contributed by atoms with Crippen LogP contribution in [0.2, 0.25) is 0 Å². The van der Waals surface area contributed by atoms with E-state index in [2.05, 4.69) is 18.5 Å². The minimum Gasteiger partial charge on any atom is -0.348 e. The third-order valence-corrected chi connectivity index (χ3v) is 3.54. The van der Waals surface area contributed by atoms with Gasteiger partial charge in [0.25, 0.3) is 0 Å². The summed E-state index contributed by atoms with van der Waals surface area (Å²) >= 11 is 1.65. The molecule has 3 nitrogen and oxygen atoms in total. The van der Waals surface area contributed by atoms with Crippen LogP contribution in [0.1, 0.15) is 17.8 Å². The minimum atomic E-state index is 0.0274. The lowest BCUT2D eigenvalue weighted by atomic mass is 10.2. The van der Waals surface area contributed by atoms with Crippen molar-refractivity contribution in [1.82, 2.24) is 10.2 Å². The van der Waals surface area contributed by atoms with Crippen molar-refractivity contribution < 1.29 is 4.79 Å². The summed E-state index contributed by atoms with van der Waals surface area (Å²) in [7, 11) is 0. The van der Waals surface area contributed by atoms with Crippen molar-refractivity contribution in [3.05, 3.63) is 47.7 Å². The molecule has 4 heteroatoms. The molecular formula is C14H20N2OS. The Bertz CT molecular complexity index is 377. The molecule has 1 rings (SSSR count). The first-order valence-corrected chi connectivity index (χ1v) is 6.82. The van der Waals surface area contributed by atoms with Gasteiger partial charge in [-0.2, -0.15) is 0 Å². The van der Waals surface area contributed by atoms with Gasteiger partial charge in [-0.15, -0.1) is 24.5 Å². The second-order valence-electron chi connectivity index (χ2n) is 4.08. The molecule has 1 aromatic rings. The smallest absolute Gasteiger partial charge is 0.234 e. The Kier molecular flexibility index (Phi) is 6.39. The van der Waals surface area contributed by atoms with Crippen LogP contribution in [0.5, 0.6) is 0 Å². The fourth-order valence-electron chi connectivity index (χ4n) is 1.67. The molecule has 1 heterocycles. The van der Waals surface area contributed by atoms with Crippen molar-refractivity contribution in [3.63, 3.8) is 0 Å². The Labute approximate surface area is 113 Å². The van der Waals surface area contributed by atoms with Gasteiger partial charge >= 0.3 is 0 Å². The molecule has 0 fully saturated rings. The largest absolute Gasteiger partial charge is 0.348 e. The Morgan fingerprint density at radius 3 is 2.67 bits per heavy atom. The second kappa shape index (κ2) is 7.84. The fraction of sp³-hybridized carbons (Fsp3) is 0.357. The average Bonchev–Trinajstić information content (AvgIpc) is 2.82. The lowest BCUT2D eigenvalue weighted by molar-refractivity contribution is -0.122. The minimum absolute atomic E-state index is 0.0274. The molecule has 0 spiro atoms. The molecule has 0 aliphatic rings. The van der Waals surface area contributed by atoms with Crippen LogP contribution in [-0.4, -0.2) is 30.4 Å². The Morgan fingerprint density at radius 1 is 1.50 bits per heavy atom. The number of hydrogen-bond donors (Lipinski definition) is 1. The van der Waals surface area contributed by atoms with E-state index in [0.717, 1.165) is 0 Å². The number of nitrogens with one attached hydrogen (secondary N) is 1. The Balaban J connectivity index is 2.44. The van der Waals surface area contributed by atoms with E-state index in [1.54, 1.807) is 23.5 Å². The van der Waals surface area contributed by atoms with Gasteiger partial charge in [0.05, 0.1) is 12.6 Å². The molecule has 0 aromatic carbocycles. The molecule has 98 valence electrons. The van der Waals surface area contributed by atoms with Gasteiger partial charge in [-0.05, 0) is 18.4 Å². The molecule has 0 bridgehead atoms. The van der Waals surface area contributed by atoms with Crippen molar-refractivity contribution in [2.24, 2.45) is 0 Å². The number of hydrogen-bond acceptors (Lipinski definition) is 3. The van der Waals surface area contributed by atoms with Crippen molar-refractivity contribution in [2.45, 2.75) is 13.0 Å². The Morgan fingerprint density at radius 2 is 2.17 bits per heavy atom. The van der Waals surface area contributed by atoms with Crippen molar-refractivity contribution in [1.29, 1.82) is 0 Å². The van der Waals surface area contributed by atoms with E-state index < -0.39 is 0 Å². The van der Waals surface area contributed by atoms with Crippen LogP contribution in [0.4, 0.5) is 0 Å². The van der Waals surface area contributed by atoms with Crippen LogP contribution in [-0.2, 0) is 4.79 Å². The first kappa shape index (κ1) is 14.7. The highest BCUT2D eigenvalue weighted by atomic mass is 32.1. The molecular weight excluding hydrogens is 244 g/mol. The van der Waals surface area contributed by atoms with Crippen LogP contribution in [0, 0.1) is 0 Å². The van der Waals surface area contributed by atoms with E-state index in [1.165, 1.54) is 4.88 Å². The van der Waals surface area contributed by atoms with Gasteiger partial charge in [-0.25, -0.2) is 0 Å². The lowest BCUT2D eigenvalue weighted by Crippen LogP contribution is -2.38. The maximum absolute atomic E-state index is 11.9. The summed E-state index contributed by atoms with van der Waals surface area (Å²) in [6.07, 6.45) is 3.58. The zero-order valence-electron chi connectivity index (χ0n) is 10.8. The molecule has 0 saturated heterocycles. The SMILES string of the molecule is C=CCN(CC=C)CC(=O)NC(C)c1cccs1. The summed E-state index contributed by atoms with van der Waals surface area (Å²) in [6.45, 7) is 11.1. The van der Waals surface area contributed by atoms with E-state index in [0.29, 0.717) is 19.6 Å². The lowest BCUT2D eigenvalue weighted by Gasteiger charge is -2.19. The molecule has 1 unspecified atom stereocenters. The van der Waals surface area contributed by atoms with Crippen LogP contribution >= 0.6 is 11.3 Å². The summed E-state index contributed by atoms with van der Waals surface area (Å²) < 4.78 is 0. The Hall–Kier alpha value is -1.39. The molecule has 1 atom stereocenters. The van der Waals surface area contributed by atoms with Crippen molar-refractivity contribution in [2.75, 3.05) is 19.6 Å². The van der Waals surface area contributed by atoms with Gasteiger partial charge in [0.1, 0.15) is 0 Å². The summed E-state index contributed by atoms with van der Waals surface area (Å²) in [5.41, 5.74) is 0. The zero-order chi connectivity index (χ0) is 13.4. The maximum atomic E-state index is 11.9. The van der Waals surface area contributed by atoms with E-state index in [4.69, 9.17) is 0 Å². The van der Waals surface area contributed by atoms with Crippen molar-refractivity contribution >= 4 is 17.2 Å². The maximum Gasteiger partial charge on any atom is 0.234 e. The monoisotopic (exact) mass is 264 g/mol. The standard InChI is InChI=1S/C14H20N2OS/c1-4-8-16(9-5-2)11-14(17)15-12(3)13-7-6-10-18-13/h4-7,10,12H,1-2,8-9,11H2,3H3,(H,15,17). The number of rotatable bonds is 8. The summed E-state index contributed by atoms with van der Waals surface area (Å²) in [5.74, 6) is 0.0274. The predicted molar refractivity (Wildman–Crippen MR) is 77.7 cm³/mol. The normalized spacial score (nSPS) is 12.1. The van der Waals surface area contributed by atoms with Crippen molar-refractivity contribution in [3.8, 4) is 0 Å². The highest BCUT2D eigenvalue weighted by Gasteiger charge is 2.12. The van der Waals surface area contributed by atoms with Crippen LogP contribution in [0.15, 0.2) is 42.8 Å². The highest BCUT2D eigenvalue weighted by molar-refractivity contribution is 7.10. The van der Waals surface area contributed by atoms with Crippen LogP contribution in [0.25, 0.3) is 0 Å². The zero-order valence-corrected chi connectivity index (χ0v) is 11.6. The molecule has 0 aliphatic heterocycles. The van der Waals surface area contributed by atoms with E-state index in [1.807, 2.05) is 29.3 Å². The number of carbonyl (C=O) groups excluding carboxylic acids is 1. The van der Waals surface area contributed by atoms with Gasteiger partial charge in [0.15, 0.2) is 0 Å². The molecule has 1 N–H and O–H groups in total. The summed E-state index contributed by atoms with van der Waals surface area (Å²) in [4.78, 5) is 15.0. The van der Waals surface area contributed by atoms with Crippen LogP contribution in [0.3, 0.4) is 0 Å². The third-order valence-electron chi connectivity index (χ3n) is 2.49. The third kappa shape index (κ3) is 4.85. The highest BCUT2D eigenvalue weighted by Crippen LogP contribution is 2.17. The second-order valence-corrected chi connectivity index (χ2v) is 5.06. The van der Waals surface area contributed by atoms with Gasteiger partial charge < -0.3 is 5.32 Å². The number of carbonyl (C=O) groups is 1. The number of amides is 1. The van der Waals surface area contributed by atoms with Gasteiger partial charge in [0, 0.05) is 18.0 Å². The molecule has 0 radical (unpaired) electrons. The topological polar surface area (TPSA) is 32.3 Å². The average molecular weight is 264 g/mol. The molecule has 18 heavy (non-hydrogen) atoms. The molecule has 0 saturated carbocycles. The van der Waals surface area contributed by atoms with E-state index in [9.17, 15) is 4.79 Å². The number of thiophene rings is 1. The van der Waals surface area contributed by atoms with E-state index in [-0.39, 0.29) is 11.9 Å². The van der Waals surface area contributed by atoms with Crippen LogP contribution < -0.4 is 5.32 Å². The van der Waals surface area contributed by atoms with E-state index >= 15 is 0 Å². The quantitative estimate of drug-likeness (QED) is 0.732. The van der Waals surface area contributed by atoms with Gasteiger partial charge in [-0.3, -0.25) is 9.69 Å². The first-order valence-electron chi connectivity index (χ1n) is 5.94. The first-order chi connectivity index (χ1) is 8.67.